The second kappa shape index (κ2) is 10.2. The van der Waals surface area contributed by atoms with Gasteiger partial charge in [-0.05, 0) is 50.4 Å². The number of nitrogens with one attached hydrogen (secondary N) is 1. The first-order chi connectivity index (χ1) is 17.0. The fourth-order valence-corrected chi connectivity index (χ4v) is 4.50. The molecule has 0 spiro atoms. The largest absolute Gasteiger partial charge is 0.416 e. The number of rotatable bonds is 9. The molecule has 196 valence electrons. The number of carbonyl (C=O) groups is 1. The van der Waals surface area contributed by atoms with Crippen LogP contribution in [0.15, 0.2) is 30.6 Å². The van der Waals surface area contributed by atoms with E-state index in [9.17, 15) is 23.1 Å². The first-order valence-corrected chi connectivity index (χ1v) is 11.8. The summed E-state index contributed by atoms with van der Waals surface area (Å²) in [6, 6.07) is 4.83. The number of piperidine rings is 1. The quantitative estimate of drug-likeness (QED) is 0.446. The number of likely N-dealkylation sites (tertiary alicyclic amines) is 1. The first-order valence-electron chi connectivity index (χ1n) is 11.8. The number of halogens is 4. The lowest BCUT2D eigenvalue weighted by Gasteiger charge is -2.35. The number of alkyl halides is 3. The van der Waals surface area contributed by atoms with Crippen molar-refractivity contribution in [2.75, 3.05) is 36.4 Å². The summed E-state index contributed by atoms with van der Waals surface area (Å²) < 4.78 is 54.3. The lowest BCUT2D eigenvalue weighted by atomic mass is 9.93. The van der Waals surface area contributed by atoms with Crippen molar-refractivity contribution in [3.05, 3.63) is 47.5 Å². The first kappa shape index (κ1) is 26.1. The van der Waals surface area contributed by atoms with Crippen LogP contribution < -0.4 is 16.0 Å². The lowest BCUT2D eigenvalue weighted by molar-refractivity contribution is -0.137. The zero-order valence-electron chi connectivity index (χ0n) is 19.9. The SMILES string of the molecule is CC1(N(Cc2ccc(C(F)(F)F)cc2)c2ncnc(NC[C@H]3CCN(CC(N)=O)C[C@@H]3O)c2F)CC1. The highest BCUT2D eigenvalue weighted by molar-refractivity contribution is 5.75. The molecular weight excluding hydrogens is 480 g/mol. The molecule has 0 unspecified atom stereocenters. The maximum Gasteiger partial charge on any atom is 0.416 e. The Kier molecular flexibility index (Phi) is 7.37. The Bertz CT molecular complexity index is 1080. The molecule has 4 N–H and O–H groups in total. The second-order valence-corrected chi connectivity index (χ2v) is 9.84. The molecule has 1 saturated carbocycles. The molecule has 1 aliphatic heterocycles. The van der Waals surface area contributed by atoms with E-state index in [4.69, 9.17) is 5.73 Å². The smallest absolute Gasteiger partial charge is 0.391 e. The number of primary amides is 1. The monoisotopic (exact) mass is 510 g/mol. The van der Waals surface area contributed by atoms with Gasteiger partial charge >= 0.3 is 6.18 Å². The normalized spacial score (nSPS) is 21.7. The highest BCUT2D eigenvalue weighted by Crippen LogP contribution is 2.45. The summed E-state index contributed by atoms with van der Waals surface area (Å²) in [6.45, 7) is 3.39. The van der Waals surface area contributed by atoms with E-state index < -0.39 is 29.6 Å². The van der Waals surface area contributed by atoms with Crippen molar-refractivity contribution >= 4 is 17.5 Å². The Balaban J connectivity index is 1.46. The summed E-state index contributed by atoms with van der Waals surface area (Å²) in [4.78, 5) is 22.9. The third-order valence-corrected chi connectivity index (χ3v) is 6.99. The molecule has 1 aromatic carbocycles. The molecule has 2 heterocycles. The van der Waals surface area contributed by atoms with Crippen LogP contribution in [0.3, 0.4) is 0 Å². The van der Waals surface area contributed by atoms with Crippen molar-refractivity contribution in [1.82, 2.24) is 14.9 Å². The molecule has 1 amide bonds. The molecule has 1 aromatic heterocycles. The number of carbonyl (C=O) groups excluding carboxylic acids is 1. The van der Waals surface area contributed by atoms with Gasteiger partial charge in [-0.15, -0.1) is 0 Å². The predicted octanol–water partition coefficient (Wildman–Crippen LogP) is 2.77. The third-order valence-electron chi connectivity index (χ3n) is 6.99. The summed E-state index contributed by atoms with van der Waals surface area (Å²) in [7, 11) is 0. The average Bonchev–Trinajstić information content (AvgIpc) is 3.55. The van der Waals surface area contributed by atoms with Crippen LogP contribution in [0.2, 0.25) is 0 Å². The lowest BCUT2D eigenvalue weighted by Crippen LogP contribution is -2.48. The summed E-state index contributed by atoms with van der Waals surface area (Å²) >= 11 is 0. The van der Waals surface area contributed by atoms with Crippen LogP contribution in [0.1, 0.15) is 37.3 Å². The second-order valence-electron chi connectivity index (χ2n) is 9.84. The fourth-order valence-electron chi connectivity index (χ4n) is 4.50. The van der Waals surface area contributed by atoms with E-state index in [1.54, 1.807) is 9.80 Å². The minimum absolute atomic E-state index is 0.00608. The van der Waals surface area contributed by atoms with Gasteiger partial charge in [0.2, 0.25) is 11.7 Å². The van der Waals surface area contributed by atoms with Crippen molar-refractivity contribution in [2.45, 2.75) is 50.6 Å². The van der Waals surface area contributed by atoms with Gasteiger partial charge in [0.15, 0.2) is 11.6 Å². The number of β-amino-alcohol motifs (C(OH)–C–C–N with tert-alkyl or cyclic N) is 1. The minimum atomic E-state index is -4.42. The molecule has 8 nitrogen and oxygen atoms in total. The van der Waals surface area contributed by atoms with E-state index in [-0.39, 0.29) is 42.7 Å². The highest BCUT2D eigenvalue weighted by atomic mass is 19.4. The van der Waals surface area contributed by atoms with E-state index in [2.05, 4.69) is 15.3 Å². The number of aliphatic hydroxyl groups excluding tert-OH is 1. The number of anilines is 2. The molecule has 2 fully saturated rings. The van der Waals surface area contributed by atoms with Crippen molar-refractivity contribution < 1.29 is 27.5 Å². The number of amides is 1. The Morgan fingerprint density at radius 3 is 2.56 bits per heavy atom. The maximum absolute atomic E-state index is 15.6. The van der Waals surface area contributed by atoms with Crippen LogP contribution in [0.4, 0.5) is 29.2 Å². The van der Waals surface area contributed by atoms with Crippen LogP contribution in [0.5, 0.6) is 0 Å². The number of aromatic nitrogens is 2. The predicted molar refractivity (Wildman–Crippen MR) is 125 cm³/mol. The Morgan fingerprint density at radius 2 is 1.97 bits per heavy atom. The van der Waals surface area contributed by atoms with Crippen LogP contribution in [0.25, 0.3) is 0 Å². The van der Waals surface area contributed by atoms with Crippen molar-refractivity contribution in [2.24, 2.45) is 11.7 Å². The number of hydrogen-bond donors (Lipinski definition) is 3. The summed E-state index contributed by atoms with van der Waals surface area (Å²) in [6.07, 6.45) is -1.69. The molecule has 1 aliphatic carbocycles. The molecule has 12 heteroatoms. The van der Waals surface area contributed by atoms with Gasteiger partial charge in [-0.25, -0.2) is 9.97 Å². The molecule has 36 heavy (non-hydrogen) atoms. The van der Waals surface area contributed by atoms with E-state index in [0.29, 0.717) is 25.1 Å². The zero-order chi connectivity index (χ0) is 26.1. The Hall–Kier alpha value is -2.99. The average molecular weight is 511 g/mol. The number of nitrogens with zero attached hydrogens (tertiary/aromatic N) is 4. The van der Waals surface area contributed by atoms with Crippen molar-refractivity contribution in [3.8, 4) is 0 Å². The third kappa shape index (κ3) is 6.04. The molecule has 2 atom stereocenters. The minimum Gasteiger partial charge on any atom is -0.391 e. The highest BCUT2D eigenvalue weighted by Gasteiger charge is 2.45. The van der Waals surface area contributed by atoms with Gasteiger partial charge in [0, 0.05) is 31.1 Å². The molecule has 2 aliphatic rings. The van der Waals surface area contributed by atoms with Gasteiger partial charge in [0.25, 0.3) is 0 Å². The van der Waals surface area contributed by atoms with E-state index in [1.165, 1.54) is 18.5 Å². The summed E-state index contributed by atoms with van der Waals surface area (Å²) in [5, 5.41) is 13.4. The maximum atomic E-state index is 15.6. The molecular formula is C24H30F4N6O2. The van der Waals surface area contributed by atoms with Gasteiger partial charge < -0.3 is 21.1 Å². The Labute approximate surface area is 206 Å². The number of hydrogen-bond acceptors (Lipinski definition) is 7. The molecule has 1 saturated heterocycles. The van der Waals surface area contributed by atoms with Crippen molar-refractivity contribution in [3.63, 3.8) is 0 Å². The number of benzene rings is 1. The zero-order valence-corrected chi connectivity index (χ0v) is 19.9. The van der Waals surface area contributed by atoms with Gasteiger partial charge in [0.1, 0.15) is 6.33 Å². The van der Waals surface area contributed by atoms with Gasteiger partial charge in [-0.2, -0.15) is 17.6 Å². The Morgan fingerprint density at radius 1 is 1.28 bits per heavy atom. The summed E-state index contributed by atoms with van der Waals surface area (Å²) in [5.74, 6) is -1.22. The molecule has 4 rings (SSSR count). The van der Waals surface area contributed by atoms with Crippen LogP contribution in [-0.2, 0) is 17.5 Å². The van der Waals surface area contributed by atoms with E-state index >= 15 is 4.39 Å². The van der Waals surface area contributed by atoms with Crippen LogP contribution >= 0.6 is 0 Å². The van der Waals surface area contributed by atoms with Gasteiger partial charge in [-0.3, -0.25) is 9.69 Å². The van der Waals surface area contributed by atoms with Gasteiger partial charge in [0.05, 0.1) is 18.2 Å². The van der Waals surface area contributed by atoms with Crippen LogP contribution in [0, 0.1) is 11.7 Å². The van der Waals surface area contributed by atoms with Crippen LogP contribution in [-0.4, -0.2) is 63.7 Å². The summed E-state index contributed by atoms with van der Waals surface area (Å²) in [5.41, 5.74) is 4.73. The standard InChI is InChI=1S/C24H30F4N6O2/c1-23(7-8-23)34(11-15-2-4-17(5-3-15)24(26,27)28)22-20(25)21(31-14-32-22)30-10-16-6-9-33(12-18(16)35)13-19(29)36/h2-5,14,16,18,35H,6-13H2,1H3,(H2,29,36)(H,30,31,32)/t16-,18+/m1/s1. The van der Waals surface area contributed by atoms with Crippen molar-refractivity contribution in [1.29, 1.82) is 0 Å². The topological polar surface area (TPSA) is 108 Å². The number of nitrogens with two attached hydrogens (primary N) is 1. The molecule has 0 radical (unpaired) electrons. The molecule has 0 bridgehead atoms. The fraction of sp³-hybridized carbons (Fsp3) is 0.542. The molecule has 2 aromatic rings. The van der Waals surface area contributed by atoms with Gasteiger partial charge in [-0.1, -0.05) is 12.1 Å². The van der Waals surface area contributed by atoms with E-state index in [0.717, 1.165) is 25.0 Å². The van der Waals surface area contributed by atoms with E-state index in [1.807, 2.05) is 6.92 Å². The number of aliphatic hydroxyl groups is 1.